The summed E-state index contributed by atoms with van der Waals surface area (Å²) < 4.78 is 0. The number of likely N-dealkylation sites (N-methyl/N-ethyl adjacent to an activating group) is 1. The predicted molar refractivity (Wildman–Crippen MR) is 79.0 cm³/mol. The van der Waals surface area contributed by atoms with Crippen LogP contribution in [0.5, 0.6) is 0 Å². The molecular weight excluding hydrogens is 236 g/mol. The lowest BCUT2D eigenvalue weighted by atomic mass is 9.83. The van der Waals surface area contributed by atoms with E-state index in [4.69, 9.17) is 0 Å². The molecule has 0 saturated carbocycles. The second-order valence-electron chi connectivity index (χ2n) is 6.77. The van der Waals surface area contributed by atoms with Crippen molar-refractivity contribution in [3.05, 3.63) is 12.2 Å². The Balaban J connectivity index is 2.12. The van der Waals surface area contributed by atoms with Crippen molar-refractivity contribution < 1.29 is 4.79 Å². The Bertz CT molecular complexity index is 339. The minimum absolute atomic E-state index is 0.00582. The molecule has 1 amide bonds. The van der Waals surface area contributed by atoms with Crippen LogP contribution in [0.25, 0.3) is 0 Å². The van der Waals surface area contributed by atoms with Gasteiger partial charge in [-0.1, -0.05) is 26.0 Å². The topological polar surface area (TPSA) is 32.3 Å². The molecule has 108 valence electrons. The largest absolute Gasteiger partial charge is 0.338 e. The van der Waals surface area contributed by atoms with Crippen LogP contribution in [0.15, 0.2) is 12.2 Å². The molecule has 1 fully saturated rings. The van der Waals surface area contributed by atoms with Gasteiger partial charge in [0.15, 0.2) is 0 Å². The first-order chi connectivity index (χ1) is 9.03. The van der Waals surface area contributed by atoms with E-state index in [-0.39, 0.29) is 11.5 Å². The minimum Gasteiger partial charge on any atom is -0.338 e. The highest BCUT2D eigenvalue weighted by atomic mass is 16.2. The molecule has 1 unspecified atom stereocenters. The highest BCUT2D eigenvalue weighted by Crippen LogP contribution is 2.32. The van der Waals surface area contributed by atoms with Crippen LogP contribution in [-0.4, -0.2) is 36.5 Å². The molecule has 1 saturated heterocycles. The summed E-state index contributed by atoms with van der Waals surface area (Å²) in [4.78, 5) is 14.9. The maximum Gasteiger partial charge on any atom is 0.239 e. The van der Waals surface area contributed by atoms with Crippen LogP contribution >= 0.6 is 0 Å². The van der Waals surface area contributed by atoms with Gasteiger partial charge in [0.1, 0.15) is 0 Å². The van der Waals surface area contributed by atoms with E-state index in [0.29, 0.717) is 11.9 Å². The van der Waals surface area contributed by atoms with E-state index in [0.717, 1.165) is 45.1 Å². The second kappa shape index (κ2) is 6.08. The molecule has 2 aliphatic rings. The van der Waals surface area contributed by atoms with Crippen molar-refractivity contribution in [1.82, 2.24) is 10.2 Å². The van der Waals surface area contributed by atoms with Gasteiger partial charge in [-0.25, -0.2) is 0 Å². The van der Waals surface area contributed by atoms with Crippen molar-refractivity contribution in [2.24, 2.45) is 5.41 Å². The van der Waals surface area contributed by atoms with Crippen molar-refractivity contribution >= 4 is 5.91 Å². The van der Waals surface area contributed by atoms with E-state index >= 15 is 0 Å². The van der Waals surface area contributed by atoms with Crippen LogP contribution in [0, 0.1) is 5.41 Å². The van der Waals surface area contributed by atoms with Crippen molar-refractivity contribution in [3.8, 4) is 0 Å². The zero-order chi connectivity index (χ0) is 13.9. The molecule has 0 aromatic rings. The standard InChI is InChI=1S/C16H28N2O/c1-16(2)10-11-18(15(19)14(12-16)17-3)13-8-6-4-5-7-9-13/h4-5,13-14,17H,6-12H2,1-3H3. The molecule has 0 radical (unpaired) electrons. The van der Waals surface area contributed by atoms with Gasteiger partial charge < -0.3 is 10.2 Å². The molecule has 2 rings (SSSR count). The fraction of sp³-hybridized carbons (Fsp3) is 0.812. The lowest BCUT2D eigenvalue weighted by molar-refractivity contribution is -0.135. The van der Waals surface area contributed by atoms with Crippen molar-refractivity contribution in [2.45, 2.75) is 64.5 Å². The zero-order valence-corrected chi connectivity index (χ0v) is 12.6. The highest BCUT2D eigenvalue weighted by Gasteiger charge is 2.36. The number of amides is 1. The van der Waals surface area contributed by atoms with Crippen LogP contribution in [0.1, 0.15) is 52.4 Å². The Hall–Kier alpha value is -0.830. The Morgan fingerprint density at radius 3 is 2.47 bits per heavy atom. The van der Waals surface area contributed by atoms with E-state index in [1.165, 1.54) is 0 Å². The molecular formula is C16H28N2O. The van der Waals surface area contributed by atoms with Crippen LogP contribution in [0.2, 0.25) is 0 Å². The minimum atomic E-state index is -0.00582. The number of rotatable bonds is 2. The summed E-state index contributed by atoms with van der Waals surface area (Å²) >= 11 is 0. The van der Waals surface area contributed by atoms with Gasteiger partial charge in [-0.15, -0.1) is 0 Å². The molecule has 1 aliphatic heterocycles. The molecule has 1 heterocycles. The van der Waals surface area contributed by atoms with E-state index in [1.54, 1.807) is 0 Å². The smallest absolute Gasteiger partial charge is 0.239 e. The summed E-state index contributed by atoms with van der Waals surface area (Å²) in [5, 5.41) is 3.23. The van der Waals surface area contributed by atoms with E-state index < -0.39 is 0 Å². The zero-order valence-electron chi connectivity index (χ0n) is 12.6. The molecule has 1 atom stereocenters. The summed E-state index contributed by atoms with van der Waals surface area (Å²) in [6.45, 7) is 5.49. The van der Waals surface area contributed by atoms with Gasteiger partial charge in [-0.3, -0.25) is 4.79 Å². The molecule has 3 heteroatoms. The fourth-order valence-electron chi connectivity index (χ4n) is 3.33. The number of carbonyl (C=O) groups is 1. The first kappa shape index (κ1) is 14.6. The van der Waals surface area contributed by atoms with Gasteiger partial charge in [0, 0.05) is 12.6 Å². The van der Waals surface area contributed by atoms with Gasteiger partial charge in [-0.2, -0.15) is 0 Å². The van der Waals surface area contributed by atoms with Crippen LogP contribution in [-0.2, 0) is 4.79 Å². The predicted octanol–water partition coefficient (Wildman–Crippen LogP) is 2.72. The van der Waals surface area contributed by atoms with Crippen molar-refractivity contribution in [2.75, 3.05) is 13.6 Å². The summed E-state index contributed by atoms with van der Waals surface area (Å²) in [5.74, 6) is 0.319. The maximum atomic E-state index is 12.7. The average Bonchev–Trinajstić information content (AvgIpc) is 2.69. The monoisotopic (exact) mass is 264 g/mol. The molecule has 3 nitrogen and oxygen atoms in total. The summed E-state index contributed by atoms with van der Waals surface area (Å²) in [7, 11) is 1.91. The van der Waals surface area contributed by atoms with Crippen molar-refractivity contribution in [1.29, 1.82) is 0 Å². The third-order valence-corrected chi connectivity index (χ3v) is 4.66. The Kier molecular flexibility index (Phi) is 4.67. The molecule has 1 aliphatic carbocycles. The number of nitrogens with one attached hydrogen (secondary N) is 1. The second-order valence-corrected chi connectivity index (χ2v) is 6.77. The van der Waals surface area contributed by atoms with Crippen molar-refractivity contribution in [3.63, 3.8) is 0 Å². The normalized spacial score (nSPS) is 29.1. The van der Waals surface area contributed by atoms with Crippen LogP contribution < -0.4 is 5.32 Å². The number of nitrogens with zero attached hydrogens (tertiary/aromatic N) is 1. The Morgan fingerprint density at radius 2 is 1.89 bits per heavy atom. The summed E-state index contributed by atoms with van der Waals surface area (Å²) in [6.07, 6.45) is 11.1. The lowest BCUT2D eigenvalue weighted by Gasteiger charge is -2.32. The number of hydrogen-bond acceptors (Lipinski definition) is 2. The first-order valence-corrected chi connectivity index (χ1v) is 7.66. The van der Waals surface area contributed by atoms with Gasteiger partial charge in [-0.05, 0) is 51.0 Å². The van der Waals surface area contributed by atoms with Gasteiger partial charge in [0.2, 0.25) is 5.91 Å². The lowest BCUT2D eigenvalue weighted by Crippen LogP contribution is -2.48. The molecule has 0 aromatic heterocycles. The summed E-state index contributed by atoms with van der Waals surface area (Å²) in [6, 6.07) is 0.431. The van der Waals surface area contributed by atoms with Gasteiger partial charge in [0.25, 0.3) is 0 Å². The number of hydrogen-bond donors (Lipinski definition) is 1. The molecule has 0 aromatic carbocycles. The molecule has 19 heavy (non-hydrogen) atoms. The quantitative estimate of drug-likeness (QED) is 0.778. The van der Waals surface area contributed by atoms with Crippen LogP contribution in [0.3, 0.4) is 0 Å². The van der Waals surface area contributed by atoms with E-state index in [9.17, 15) is 4.79 Å². The maximum absolute atomic E-state index is 12.7. The molecule has 0 spiro atoms. The first-order valence-electron chi connectivity index (χ1n) is 7.66. The summed E-state index contributed by atoms with van der Waals surface area (Å²) in [5.41, 5.74) is 0.251. The Labute approximate surface area is 117 Å². The number of likely N-dealkylation sites (tertiary alicyclic amines) is 1. The fourth-order valence-corrected chi connectivity index (χ4v) is 3.33. The Morgan fingerprint density at radius 1 is 1.26 bits per heavy atom. The van der Waals surface area contributed by atoms with Crippen LogP contribution in [0.4, 0.5) is 0 Å². The molecule has 0 bridgehead atoms. The van der Waals surface area contributed by atoms with E-state index in [1.807, 2.05) is 7.05 Å². The van der Waals surface area contributed by atoms with Gasteiger partial charge in [0.05, 0.1) is 6.04 Å². The SMILES string of the molecule is CNC1CC(C)(C)CCN(C2CCC=CCC2)C1=O. The van der Waals surface area contributed by atoms with E-state index in [2.05, 4.69) is 36.2 Å². The molecule has 1 N–H and O–H groups in total. The third-order valence-electron chi connectivity index (χ3n) is 4.66. The average molecular weight is 264 g/mol. The highest BCUT2D eigenvalue weighted by molar-refractivity contribution is 5.82. The number of carbonyl (C=O) groups excluding carboxylic acids is 1. The third kappa shape index (κ3) is 3.59. The number of allylic oxidation sites excluding steroid dienone is 2. The van der Waals surface area contributed by atoms with Gasteiger partial charge >= 0.3 is 0 Å².